The summed E-state index contributed by atoms with van der Waals surface area (Å²) in [6, 6.07) is 11.2. The number of carbonyl (C=O) groups excluding carboxylic acids is 2. The number of halogens is 1. The molecule has 0 atom stereocenters. The predicted molar refractivity (Wildman–Crippen MR) is 93.3 cm³/mol. The minimum absolute atomic E-state index is 0.192. The summed E-state index contributed by atoms with van der Waals surface area (Å²) in [5.74, 6) is -0.672. The molecule has 128 valence electrons. The minimum atomic E-state index is -0.468. The molecule has 0 heterocycles. The molecule has 4 nitrogen and oxygen atoms in total. The molecular weight excluding hydrogens is 323 g/mol. The second kappa shape index (κ2) is 6.89. The van der Waals surface area contributed by atoms with Crippen molar-refractivity contribution in [2.45, 2.75) is 26.7 Å². The summed E-state index contributed by atoms with van der Waals surface area (Å²) < 4.78 is 24.8. The quantitative estimate of drug-likeness (QED) is 0.390. The molecular formula is C20H17FO4. The molecule has 0 N–H and O–H groups in total. The summed E-state index contributed by atoms with van der Waals surface area (Å²) in [4.78, 5) is 23.7. The standard InChI is InChI=1S/C20H17FO4/c1-3-17(22)24-19-13-7-5-6-8-14(13)20(25-18(23)4-2)16-11-12(21)9-10-15(16)19/h5-11H,3-4H2,1-2H3. The number of carbonyl (C=O) groups is 2. The van der Waals surface area contributed by atoms with Gasteiger partial charge in [-0.3, -0.25) is 9.59 Å². The average molecular weight is 340 g/mol. The van der Waals surface area contributed by atoms with Crippen LogP contribution in [0.4, 0.5) is 4.39 Å². The average Bonchev–Trinajstić information content (AvgIpc) is 2.63. The van der Waals surface area contributed by atoms with Crippen molar-refractivity contribution in [3.63, 3.8) is 0 Å². The normalized spacial score (nSPS) is 10.8. The first-order valence-corrected chi connectivity index (χ1v) is 8.10. The van der Waals surface area contributed by atoms with Crippen molar-refractivity contribution in [3.05, 3.63) is 48.3 Å². The molecule has 3 aromatic carbocycles. The third kappa shape index (κ3) is 3.18. The van der Waals surface area contributed by atoms with Crippen LogP contribution in [0.25, 0.3) is 21.5 Å². The van der Waals surface area contributed by atoms with Gasteiger partial charge in [0, 0.05) is 34.4 Å². The summed E-state index contributed by atoms with van der Waals surface area (Å²) in [7, 11) is 0. The van der Waals surface area contributed by atoms with Gasteiger partial charge in [-0.05, 0) is 18.2 Å². The van der Waals surface area contributed by atoms with E-state index in [1.54, 1.807) is 38.1 Å². The Bertz CT molecular complexity index is 978. The third-order valence-corrected chi connectivity index (χ3v) is 3.90. The highest BCUT2D eigenvalue weighted by Gasteiger charge is 2.19. The van der Waals surface area contributed by atoms with Gasteiger partial charge in [-0.2, -0.15) is 0 Å². The van der Waals surface area contributed by atoms with E-state index < -0.39 is 17.8 Å². The molecule has 0 saturated heterocycles. The minimum Gasteiger partial charge on any atom is -0.425 e. The molecule has 3 aromatic rings. The van der Waals surface area contributed by atoms with Crippen molar-refractivity contribution in [1.82, 2.24) is 0 Å². The molecule has 0 aromatic heterocycles. The molecule has 0 aliphatic carbocycles. The maximum atomic E-state index is 13.8. The molecule has 0 aliphatic heterocycles. The summed E-state index contributed by atoms with van der Waals surface area (Å²) in [6.45, 7) is 3.38. The number of hydrogen-bond donors (Lipinski definition) is 0. The Kier molecular flexibility index (Phi) is 4.65. The van der Waals surface area contributed by atoms with Gasteiger partial charge in [0.2, 0.25) is 0 Å². The van der Waals surface area contributed by atoms with E-state index in [1.165, 1.54) is 18.2 Å². The van der Waals surface area contributed by atoms with E-state index in [9.17, 15) is 14.0 Å². The highest BCUT2D eigenvalue weighted by Crippen LogP contribution is 2.43. The molecule has 5 heteroatoms. The molecule has 0 bridgehead atoms. The van der Waals surface area contributed by atoms with Crippen LogP contribution in [-0.2, 0) is 9.59 Å². The van der Waals surface area contributed by atoms with Crippen molar-refractivity contribution in [2.24, 2.45) is 0 Å². The van der Waals surface area contributed by atoms with E-state index in [4.69, 9.17) is 9.47 Å². The Hall–Kier alpha value is -2.95. The van der Waals surface area contributed by atoms with Crippen LogP contribution in [0.2, 0.25) is 0 Å². The molecule has 0 amide bonds. The van der Waals surface area contributed by atoms with E-state index in [-0.39, 0.29) is 18.6 Å². The van der Waals surface area contributed by atoms with Crippen molar-refractivity contribution in [2.75, 3.05) is 0 Å². The zero-order valence-electron chi connectivity index (χ0n) is 14.0. The van der Waals surface area contributed by atoms with Gasteiger partial charge in [0.1, 0.15) is 17.3 Å². The lowest BCUT2D eigenvalue weighted by atomic mass is 10.0. The number of fused-ring (bicyclic) bond motifs is 2. The highest BCUT2D eigenvalue weighted by atomic mass is 19.1. The number of esters is 2. The lowest BCUT2D eigenvalue weighted by molar-refractivity contribution is -0.134. The van der Waals surface area contributed by atoms with Gasteiger partial charge in [0.15, 0.2) is 0 Å². The second-order valence-corrected chi connectivity index (χ2v) is 5.55. The van der Waals surface area contributed by atoms with Gasteiger partial charge in [0.05, 0.1) is 0 Å². The maximum absolute atomic E-state index is 13.8. The second-order valence-electron chi connectivity index (χ2n) is 5.55. The van der Waals surface area contributed by atoms with Crippen LogP contribution in [0.5, 0.6) is 11.5 Å². The van der Waals surface area contributed by atoms with Gasteiger partial charge in [0.25, 0.3) is 0 Å². The summed E-state index contributed by atoms with van der Waals surface area (Å²) >= 11 is 0. The van der Waals surface area contributed by atoms with Crippen LogP contribution < -0.4 is 9.47 Å². The number of rotatable bonds is 4. The lowest BCUT2D eigenvalue weighted by Gasteiger charge is -2.16. The first kappa shape index (κ1) is 16.9. The van der Waals surface area contributed by atoms with E-state index in [0.29, 0.717) is 27.3 Å². The van der Waals surface area contributed by atoms with E-state index in [1.807, 2.05) is 0 Å². The number of benzene rings is 3. The molecule has 3 rings (SSSR count). The molecule has 0 spiro atoms. The molecule has 0 radical (unpaired) electrons. The van der Waals surface area contributed by atoms with E-state index in [0.717, 1.165) is 0 Å². The largest absolute Gasteiger partial charge is 0.425 e. The number of hydrogen-bond acceptors (Lipinski definition) is 4. The highest BCUT2D eigenvalue weighted by molar-refractivity contribution is 6.12. The first-order valence-electron chi connectivity index (χ1n) is 8.10. The molecule has 0 unspecified atom stereocenters. The van der Waals surface area contributed by atoms with E-state index in [2.05, 4.69) is 0 Å². The lowest BCUT2D eigenvalue weighted by Crippen LogP contribution is -2.09. The van der Waals surface area contributed by atoms with Crippen LogP contribution in [0.1, 0.15) is 26.7 Å². The van der Waals surface area contributed by atoms with Crippen LogP contribution in [0.15, 0.2) is 42.5 Å². The summed E-state index contributed by atoms with van der Waals surface area (Å²) in [5, 5.41) is 2.11. The van der Waals surface area contributed by atoms with Crippen molar-refractivity contribution in [3.8, 4) is 11.5 Å². The number of ether oxygens (including phenoxy) is 2. The van der Waals surface area contributed by atoms with E-state index >= 15 is 0 Å². The maximum Gasteiger partial charge on any atom is 0.310 e. The van der Waals surface area contributed by atoms with Crippen molar-refractivity contribution < 1.29 is 23.5 Å². The predicted octanol–water partition coefficient (Wildman–Crippen LogP) is 4.76. The van der Waals surface area contributed by atoms with Crippen molar-refractivity contribution in [1.29, 1.82) is 0 Å². The van der Waals surface area contributed by atoms with Gasteiger partial charge in [-0.15, -0.1) is 0 Å². The molecule has 0 saturated carbocycles. The Morgan fingerprint density at radius 2 is 1.28 bits per heavy atom. The van der Waals surface area contributed by atoms with Gasteiger partial charge in [-0.25, -0.2) is 4.39 Å². The third-order valence-electron chi connectivity index (χ3n) is 3.90. The summed E-state index contributed by atoms with van der Waals surface area (Å²) in [6.07, 6.45) is 0.404. The molecule has 25 heavy (non-hydrogen) atoms. The van der Waals surface area contributed by atoms with Crippen LogP contribution in [0.3, 0.4) is 0 Å². The van der Waals surface area contributed by atoms with Crippen LogP contribution >= 0.6 is 0 Å². The fourth-order valence-electron chi connectivity index (χ4n) is 2.66. The Morgan fingerprint density at radius 1 is 0.800 bits per heavy atom. The SMILES string of the molecule is CCC(=O)Oc1c2ccccc2c(OC(=O)CC)c2cc(F)ccc12. The fraction of sp³-hybridized carbons (Fsp3) is 0.200. The monoisotopic (exact) mass is 340 g/mol. The molecule has 0 fully saturated rings. The summed E-state index contributed by atoms with van der Waals surface area (Å²) in [5.41, 5.74) is 0. The van der Waals surface area contributed by atoms with Crippen LogP contribution in [0, 0.1) is 5.82 Å². The smallest absolute Gasteiger partial charge is 0.310 e. The van der Waals surface area contributed by atoms with Gasteiger partial charge >= 0.3 is 11.9 Å². The topological polar surface area (TPSA) is 52.6 Å². The Labute approximate surface area is 144 Å². The van der Waals surface area contributed by atoms with Gasteiger partial charge in [-0.1, -0.05) is 38.1 Å². The zero-order chi connectivity index (χ0) is 18.0. The fourth-order valence-corrected chi connectivity index (χ4v) is 2.66. The Balaban J connectivity index is 2.40. The first-order chi connectivity index (χ1) is 12.0. The molecule has 0 aliphatic rings. The Morgan fingerprint density at radius 3 is 1.80 bits per heavy atom. The zero-order valence-corrected chi connectivity index (χ0v) is 14.0. The van der Waals surface area contributed by atoms with Crippen molar-refractivity contribution >= 4 is 33.5 Å². The van der Waals surface area contributed by atoms with Gasteiger partial charge < -0.3 is 9.47 Å². The van der Waals surface area contributed by atoms with Crippen LogP contribution in [-0.4, -0.2) is 11.9 Å².